The summed E-state index contributed by atoms with van der Waals surface area (Å²) < 4.78 is 5.56. The SMILES string of the molecule is CCCNCC1COCCN1C(C)CC. The molecule has 0 aromatic carbocycles. The predicted octanol–water partition coefficient (Wildman–Crippen LogP) is 1.49. The third-order valence-electron chi connectivity index (χ3n) is 3.24. The minimum absolute atomic E-state index is 0.570. The Kier molecular flexibility index (Phi) is 6.22. The number of rotatable bonds is 6. The molecule has 3 heteroatoms. The maximum absolute atomic E-state index is 5.56. The smallest absolute Gasteiger partial charge is 0.0634 e. The highest BCUT2D eigenvalue weighted by atomic mass is 16.5. The van der Waals surface area contributed by atoms with Crippen molar-refractivity contribution in [2.75, 3.05) is 32.8 Å². The second kappa shape index (κ2) is 7.20. The van der Waals surface area contributed by atoms with Crippen molar-refractivity contribution in [1.82, 2.24) is 10.2 Å². The molecule has 1 rings (SSSR count). The zero-order chi connectivity index (χ0) is 11.1. The van der Waals surface area contributed by atoms with Gasteiger partial charge in [0.05, 0.1) is 13.2 Å². The average molecular weight is 214 g/mol. The summed E-state index contributed by atoms with van der Waals surface area (Å²) in [4.78, 5) is 2.59. The average Bonchev–Trinajstić information content (AvgIpc) is 2.29. The minimum Gasteiger partial charge on any atom is -0.378 e. The van der Waals surface area contributed by atoms with Gasteiger partial charge in [-0.25, -0.2) is 0 Å². The van der Waals surface area contributed by atoms with Crippen LogP contribution in [-0.2, 0) is 4.74 Å². The molecular weight excluding hydrogens is 188 g/mol. The number of hydrogen-bond donors (Lipinski definition) is 1. The van der Waals surface area contributed by atoms with Crippen LogP contribution in [0.25, 0.3) is 0 Å². The first-order chi connectivity index (χ1) is 7.29. The molecule has 1 heterocycles. The van der Waals surface area contributed by atoms with E-state index >= 15 is 0 Å². The van der Waals surface area contributed by atoms with Gasteiger partial charge in [-0.3, -0.25) is 4.90 Å². The van der Waals surface area contributed by atoms with E-state index in [-0.39, 0.29) is 0 Å². The summed E-state index contributed by atoms with van der Waals surface area (Å²) in [5, 5.41) is 3.49. The summed E-state index contributed by atoms with van der Waals surface area (Å²) in [6.07, 6.45) is 2.43. The third-order valence-corrected chi connectivity index (χ3v) is 3.24. The third kappa shape index (κ3) is 4.09. The van der Waals surface area contributed by atoms with Crippen molar-refractivity contribution in [2.45, 2.75) is 45.7 Å². The number of nitrogens with zero attached hydrogens (tertiary/aromatic N) is 1. The number of morpholine rings is 1. The lowest BCUT2D eigenvalue weighted by atomic mass is 10.1. The zero-order valence-electron chi connectivity index (χ0n) is 10.5. The highest BCUT2D eigenvalue weighted by Crippen LogP contribution is 2.12. The van der Waals surface area contributed by atoms with Crippen molar-refractivity contribution in [3.63, 3.8) is 0 Å². The van der Waals surface area contributed by atoms with Crippen molar-refractivity contribution in [1.29, 1.82) is 0 Å². The predicted molar refractivity (Wildman–Crippen MR) is 64.2 cm³/mol. The van der Waals surface area contributed by atoms with Crippen LogP contribution >= 0.6 is 0 Å². The minimum atomic E-state index is 0.570. The fourth-order valence-electron chi connectivity index (χ4n) is 2.10. The van der Waals surface area contributed by atoms with Crippen LogP contribution in [0.15, 0.2) is 0 Å². The molecule has 0 amide bonds. The fourth-order valence-corrected chi connectivity index (χ4v) is 2.10. The molecule has 2 atom stereocenters. The van der Waals surface area contributed by atoms with E-state index in [2.05, 4.69) is 31.0 Å². The van der Waals surface area contributed by atoms with E-state index in [1.54, 1.807) is 0 Å². The molecule has 0 aromatic rings. The van der Waals surface area contributed by atoms with E-state index in [9.17, 15) is 0 Å². The Labute approximate surface area is 94.2 Å². The molecule has 1 fully saturated rings. The van der Waals surface area contributed by atoms with E-state index in [4.69, 9.17) is 4.74 Å². The Balaban J connectivity index is 2.35. The Morgan fingerprint density at radius 1 is 1.47 bits per heavy atom. The van der Waals surface area contributed by atoms with E-state index in [1.807, 2.05) is 0 Å². The summed E-state index contributed by atoms with van der Waals surface area (Å²) in [7, 11) is 0. The molecule has 1 saturated heterocycles. The second-order valence-corrected chi connectivity index (χ2v) is 4.43. The Morgan fingerprint density at radius 2 is 2.27 bits per heavy atom. The van der Waals surface area contributed by atoms with Gasteiger partial charge in [-0.1, -0.05) is 13.8 Å². The maximum Gasteiger partial charge on any atom is 0.0634 e. The lowest BCUT2D eigenvalue weighted by Crippen LogP contribution is -2.53. The van der Waals surface area contributed by atoms with Gasteiger partial charge < -0.3 is 10.1 Å². The Bertz CT molecular complexity index is 164. The summed E-state index contributed by atoms with van der Waals surface area (Å²) in [5.41, 5.74) is 0. The van der Waals surface area contributed by atoms with E-state index in [0.29, 0.717) is 12.1 Å². The van der Waals surface area contributed by atoms with Gasteiger partial charge in [0, 0.05) is 25.2 Å². The van der Waals surface area contributed by atoms with Crippen LogP contribution in [0.3, 0.4) is 0 Å². The fraction of sp³-hybridized carbons (Fsp3) is 1.00. The highest BCUT2D eigenvalue weighted by Gasteiger charge is 2.25. The van der Waals surface area contributed by atoms with Gasteiger partial charge in [0.2, 0.25) is 0 Å². The molecule has 1 N–H and O–H groups in total. The van der Waals surface area contributed by atoms with Gasteiger partial charge in [0.25, 0.3) is 0 Å². The molecule has 0 aromatic heterocycles. The Hall–Kier alpha value is -0.120. The van der Waals surface area contributed by atoms with Gasteiger partial charge in [-0.2, -0.15) is 0 Å². The molecule has 1 aliphatic heterocycles. The van der Waals surface area contributed by atoms with Crippen LogP contribution in [0.2, 0.25) is 0 Å². The molecule has 0 spiro atoms. The van der Waals surface area contributed by atoms with E-state index in [1.165, 1.54) is 12.8 Å². The van der Waals surface area contributed by atoms with Crippen LogP contribution in [0.5, 0.6) is 0 Å². The first-order valence-corrected chi connectivity index (χ1v) is 6.33. The van der Waals surface area contributed by atoms with Gasteiger partial charge in [-0.15, -0.1) is 0 Å². The molecule has 15 heavy (non-hydrogen) atoms. The van der Waals surface area contributed by atoms with Crippen LogP contribution in [0, 0.1) is 0 Å². The van der Waals surface area contributed by atoms with Crippen molar-refractivity contribution >= 4 is 0 Å². The molecule has 0 radical (unpaired) electrons. The molecule has 1 aliphatic rings. The monoisotopic (exact) mass is 214 g/mol. The lowest BCUT2D eigenvalue weighted by molar-refractivity contribution is -0.0252. The summed E-state index contributed by atoms with van der Waals surface area (Å²) >= 11 is 0. The summed E-state index contributed by atoms with van der Waals surface area (Å²) in [6.45, 7) is 11.8. The number of hydrogen-bond acceptors (Lipinski definition) is 3. The lowest BCUT2D eigenvalue weighted by Gasteiger charge is -2.39. The highest BCUT2D eigenvalue weighted by molar-refractivity contribution is 4.80. The molecule has 2 unspecified atom stereocenters. The first kappa shape index (κ1) is 12.9. The van der Waals surface area contributed by atoms with Crippen LogP contribution in [-0.4, -0.2) is 49.8 Å². The maximum atomic E-state index is 5.56. The van der Waals surface area contributed by atoms with E-state index < -0.39 is 0 Å². The molecule has 90 valence electrons. The topological polar surface area (TPSA) is 24.5 Å². The summed E-state index contributed by atoms with van der Waals surface area (Å²) in [6, 6.07) is 1.25. The van der Waals surface area contributed by atoms with Gasteiger partial charge >= 0.3 is 0 Å². The molecule has 0 bridgehead atoms. The summed E-state index contributed by atoms with van der Waals surface area (Å²) in [5.74, 6) is 0. The molecule has 0 aliphatic carbocycles. The van der Waals surface area contributed by atoms with Gasteiger partial charge in [0.15, 0.2) is 0 Å². The zero-order valence-corrected chi connectivity index (χ0v) is 10.5. The normalized spacial score (nSPS) is 25.4. The first-order valence-electron chi connectivity index (χ1n) is 6.33. The molecule has 3 nitrogen and oxygen atoms in total. The van der Waals surface area contributed by atoms with Crippen LogP contribution in [0.4, 0.5) is 0 Å². The number of nitrogens with one attached hydrogen (secondary N) is 1. The Morgan fingerprint density at radius 3 is 2.93 bits per heavy atom. The number of ether oxygens (including phenoxy) is 1. The van der Waals surface area contributed by atoms with Gasteiger partial charge in [0.1, 0.15) is 0 Å². The van der Waals surface area contributed by atoms with Crippen LogP contribution < -0.4 is 5.32 Å². The van der Waals surface area contributed by atoms with Crippen molar-refractivity contribution in [2.24, 2.45) is 0 Å². The van der Waals surface area contributed by atoms with Crippen molar-refractivity contribution < 1.29 is 4.74 Å². The molecule has 0 saturated carbocycles. The quantitative estimate of drug-likeness (QED) is 0.678. The standard InChI is InChI=1S/C12H26N2O/c1-4-6-13-9-12-10-15-8-7-14(12)11(3)5-2/h11-13H,4-10H2,1-3H3. The van der Waals surface area contributed by atoms with Crippen molar-refractivity contribution in [3.8, 4) is 0 Å². The van der Waals surface area contributed by atoms with Gasteiger partial charge in [-0.05, 0) is 26.3 Å². The second-order valence-electron chi connectivity index (χ2n) is 4.43. The van der Waals surface area contributed by atoms with Crippen molar-refractivity contribution in [3.05, 3.63) is 0 Å². The van der Waals surface area contributed by atoms with Crippen LogP contribution in [0.1, 0.15) is 33.6 Å². The molecular formula is C12H26N2O. The largest absolute Gasteiger partial charge is 0.378 e. The van der Waals surface area contributed by atoms with E-state index in [0.717, 1.165) is 32.8 Å².